The van der Waals surface area contributed by atoms with Crippen molar-refractivity contribution in [2.45, 2.75) is 20.5 Å². The molecule has 3 rings (SSSR count). The standard InChI is InChI=1S/C20H19N3O3/c1-13-19(14(2)22-18-7-5-4-6-17(18)21-13)23-26-12-15-8-10-16(11-9-15)20(24)25-3/h4-11H,12H2,1-3H3. The molecule has 6 nitrogen and oxygen atoms in total. The Morgan fingerprint density at radius 2 is 1.54 bits per heavy atom. The van der Waals surface area contributed by atoms with E-state index in [0.717, 1.165) is 28.0 Å². The first kappa shape index (κ1) is 17.5. The highest BCUT2D eigenvalue weighted by Crippen LogP contribution is 2.08. The number of hydrogen-bond acceptors (Lipinski definition) is 6. The Kier molecular flexibility index (Phi) is 5.22. The molecule has 1 heterocycles. The highest BCUT2D eigenvalue weighted by molar-refractivity contribution is 5.89. The van der Waals surface area contributed by atoms with Gasteiger partial charge in [-0.15, -0.1) is 0 Å². The second kappa shape index (κ2) is 7.74. The summed E-state index contributed by atoms with van der Waals surface area (Å²) in [5.41, 5.74) is 4.51. The minimum atomic E-state index is -0.366. The molecule has 0 spiro atoms. The van der Waals surface area contributed by atoms with E-state index in [4.69, 9.17) is 4.84 Å². The van der Waals surface area contributed by atoms with Gasteiger partial charge in [0, 0.05) is 0 Å². The molecule has 1 aromatic heterocycles. The quantitative estimate of drug-likeness (QED) is 0.535. The first-order valence-electron chi connectivity index (χ1n) is 8.16. The van der Waals surface area contributed by atoms with Crippen molar-refractivity contribution in [3.05, 3.63) is 76.4 Å². The van der Waals surface area contributed by atoms with Crippen LogP contribution in [-0.2, 0) is 16.2 Å². The predicted molar refractivity (Wildman–Crippen MR) is 97.1 cm³/mol. The third-order valence-electron chi connectivity index (χ3n) is 3.91. The van der Waals surface area contributed by atoms with Crippen molar-refractivity contribution in [2.24, 2.45) is 5.16 Å². The van der Waals surface area contributed by atoms with E-state index < -0.39 is 0 Å². The summed E-state index contributed by atoms with van der Waals surface area (Å²) in [6, 6.07) is 14.7. The number of benzene rings is 2. The first-order valence-corrected chi connectivity index (χ1v) is 8.16. The monoisotopic (exact) mass is 349 g/mol. The molecule has 0 aliphatic carbocycles. The Balaban J connectivity index is 1.83. The Labute approximate surface area is 151 Å². The van der Waals surface area contributed by atoms with Crippen LogP contribution in [-0.4, -0.2) is 23.0 Å². The molecule has 0 aliphatic heterocycles. The van der Waals surface area contributed by atoms with Gasteiger partial charge in [-0.3, -0.25) is 0 Å². The van der Waals surface area contributed by atoms with Crippen molar-refractivity contribution < 1.29 is 14.4 Å². The summed E-state index contributed by atoms with van der Waals surface area (Å²) in [7, 11) is 1.36. The molecule has 0 fully saturated rings. The molecule has 0 bridgehead atoms. The topological polar surface area (TPSA) is 73.7 Å². The Morgan fingerprint density at radius 1 is 0.962 bits per heavy atom. The molecule has 0 N–H and O–H groups in total. The number of aryl methyl sites for hydroxylation is 2. The molecule has 0 amide bonds. The molecule has 26 heavy (non-hydrogen) atoms. The van der Waals surface area contributed by atoms with E-state index in [9.17, 15) is 4.79 Å². The van der Waals surface area contributed by atoms with Crippen LogP contribution in [0.4, 0.5) is 0 Å². The van der Waals surface area contributed by atoms with Crippen LogP contribution in [0.25, 0.3) is 11.0 Å². The smallest absolute Gasteiger partial charge is 0.337 e. The number of para-hydroxylation sites is 2. The van der Waals surface area contributed by atoms with Gasteiger partial charge in [0.2, 0.25) is 0 Å². The number of nitrogens with zero attached hydrogens (tertiary/aromatic N) is 3. The van der Waals surface area contributed by atoms with E-state index in [1.165, 1.54) is 7.11 Å². The van der Waals surface area contributed by atoms with Crippen molar-refractivity contribution in [3.63, 3.8) is 0 Å². The van der Waals surface area contributed by atoms with Crippen molar-refractivity contribution in [2.75, 3.05) is 7.11 Å². The zero-order valence-electron chi connectivity index (χ0n) is 14.9. The lowest BCUT2D eigenvalue weighted by Crippen LogP contribution is -2.11. The lowest BCUT2D eigenvalue weighted by molar-refractivity contribution is 0.0600. The van der Waals surface area contributed by atoms with Gasteiger partial charge in [0.15, 0.2) is 0 Å². The summed E-state index contributed by atoms with van der Waals surface area (Å²) >= 11 is 0. The Bertz CT molecular complexity index is 967. The maximum Gasteiger partial charge on any atom is 0.337 e. The fraction of sp³-hybridized carbons (Fsp3) is 0.200. The molecule has 6 heteroatoms. The van der Waals surface area contributed by atoms with E-state index in [1.807, 2.05) is 38.1 Å². The average molecular weight is 349 g/mol. The minimum absolute atomic E-state index is 0.276. The Hall–Kier alpha value is -3.28. The zero-order valence-corrected chi connectivity index (χ0v) is 14.9. The zero-order chi connectivity index (χ0) is 18.5. The molecule has 0 saturated heterocycles. The molecule has 0 aliphatic rings. The van der Waals surface area contributed by atoms with Gasteiger partial charge >= 0.3 is 5.97 Å². The molecule has 3 aromatic rings. The van der Waals surface area contributed by atoms with Gasteiger partial charge in [0.1, 0.15) is 12.0 Å². The molecule has 132 valence electrons. The summed E-state index contributed by atoms with van der Waals surface area (Å²) < 4.78 is 4.68. The normalized spacial score (nSPS) is 10.4. The number of carbonyl (C=O) groups excluding carboxylic acids is 1. The minimum Gasteiger partial charge on any atom is -0.465 e. The highest BCUT2D eigenvalue weighted by Gasteiger charge is 2.05. The van der Waals surface area contributed by atoms with Gasteiger partial charge in [-0.1, -0.05) is 29.4 Å². The molecule has 0 radical (unpaired) electrons. The third kappa shape index (κ3) is 3.85. The summed E-state index contributed by atoms with van der Waals surface area (Å²) in [5.74, 6) is -0.366. The number of methoxy groups -OCH3 is 1. The number of rotatable bonds is 4. The number of esters is 1. The van der Waals surface area contributed by atoms with Crippen molar-refractivity contribution in [3.8, 4) is 0 Å². The van der Waals surface area contributed by atoms with Gasteiger partial charge in [-0.25, -0.2) is 14.8 Å². The SMILES string of the molecule is COC(=O)c1ccc(CON=c2c(C)nc3ccccc3nc2C)cc1. The van der Waals surface area contributed by atoms with Gasteiger partial charge < -0.3 is 9.57 Å². The summed E-state index contributed by atoms with van der Waals surface area (Å²) in [6.07, 6.45) is 0. The predicted octanol–water partition coefficient (Wildman–Crippen LogP) is 3.07. The molecular weight excluding hydrogens is 330 g/mol. The molecular formula is C20H19N3O3. The van der Waals surface area contributed by atoms with Gasteiger partial charge in [-0.2, -0.15) is 0 Å². The maximum atomic E-state index is 11.4. The van der Waals surface area contributed by atoms with E-state index >= 15 is 0 Å². The van der Waals surface area contributed by atoms with Gasteiger partial charge in [0.25, 0.3) is 0 Å². The number of hydrogen-bond donors (Lipinski definition) is 0. The van der Waals surface area contributed by atoms with E-state index in [-0.39, 0.29) is 12.6 Å². The third-order valence-corrected chi connectivity index (χ3v) is 3.91. The van der Waals surface area contributed by atoms with Gasteiger partial charge in [-0.05, 0) is 43.7 Å². The fourth-order valence-electron chi connectivity index (χ4n) is 2.54. The van der Waals surface area contributed by atoms with E-state index in [1.54, 1.807) is 24.3 Å². The summed E-state index contributed by atoms with van der Waals surface area (Å²) in [6.45, 7) is 4.04. The molecule has 2 aromatic carbocycles. The van der Waals surface area contributed by atoms with Crippen molar-refractivity contribution in [1.29, 1.82) is 0 Å². The highest BCUT2D eigenvalue weighted by atomic mass is 16.6. The lowest BCUT2D eigenvalue weighted by atomic mass is 10.1. The van der Waals surface area contributed by atoms with Crippen molar-refractivity contribution in [1.82, 2.24) is 9.97 Å². The largest absolute Gasteiger partial charge is 0.465 e. The number of fused-ring (bicyclic) bond motifs is 1. The molecule has 0 unspecified atom stereocenters. The van der Waals surface area contributed by atoms with Crippen LogP contribution >= 0.6 is 0 Å². The molecule has 0 atom stereocenters. The number of carbonyl (C=O) groups is 1. The lowest BCUT2D eigenvalue weighted by Gasteiger charge is -2.02. The maximum absolute atomic E-state index is 11.4. The second-order valence-electron chi connectivity index (χ2n) is 5.78. The first-order chi connectivity index (χ1) is 12.6. The van der Waals surface area contributed by atoms with Crippen LogP contribution in [0.5, 0.6) is 0 Å². The second-order valence-corrected chi connectivity index (χ2v) is 5.78. The van der Waals surface area contributed by atoms with Crippen LogP contribution in [0.15, 0.2) is 53.7 Å². The molecule has 0 saturated carbocycles. The summed E-state index contributed by atoms with van der Waals surface area (Å²) in [4.78, 5) is 26.1. The number of ether oxygens (including phenoxy) is 1. The van der Waals surface area contributed by atoms with Crippen LogP contribution in [0.2, 0.25) is 0 Å². The van der Waals surface area contributed by atoms with Crippen LogP contribution in [0, 0.1) is 13.8 Å². The Morgan fingerprint density at radius 3 is 2.08 bits per heavy atom. The van der Waals surface area contributed by atoms with E-state index in [0.29, 0.717) is 10.9 Å². The van der Waals surface area contributed by atoms with Crippen LogP contribution in [0.1, 0.15) is 27.3 Å². The van der Waals surface area contributed by atoms with Crippen LogP contribution in [0.3, 0.4) is 0 Å². The van der Waals surface area contributed by atoms with Gasteiger partial charge in [0.05, 0.1) is 35.1 Å². The number of aromatic nitrogens is 2. The van der Waals surface area contributed by atoms with Crippen molar-refractivity contribution >= 4 is 17.0 Å². The van der Waals surface area contributed by atoms with Crippen LogP contribution < -0.4 is 5.36 Å². The van der Waals surface area contributed by atoms with E-state index in [2.05, 4.69) is 19.9 Å². The average Bonchev–Trinajstić information content (AvgIpc) is 2.77. The summed E-state index contributed by atoms with van der Waals surface area (Å²) in [5, 5.41) is 4.84. The fourth-order valence-corrected chi connectivity index (χ4v) is 2.54.